The van der Waals surface area contributed by atoms with Gasteiger partial charge >= 0.3 is 0 Å². The second kappa shape index (κ2) is 7.14. The fraction of sp³-hybridized carbons (Fsp3) is 0.400. The molecule has 8 heteroatoms. The SMILES string of the molecule is Cc1occc1C(=O)N/N=C\c1sc(N2CCCCC2)nc1Cl. The standard InChI is InChI=1S/C15H17ClN4O2S/c1-10-11(5-8-22-10)14(21)19-17-9-12-13(16)18-15(23-12)20-6-3-2-4-7-20/h5,8-9H,2-4,6-7H2,1H3,(H,19,21)/b17-9-. The summed E-state index contributed by atoms with van der Waals surface area (Å²) in [5, 5.41) is 5.28. The van der Waals surface area contributed by atoms with Gasteiger partial charge in [0.25, 0.3) is 5.91 Å². The van der Waals surface area contributed by atoms with Gasteiger partial charge in [-0.15, -0.1) is 0 Å². The van der Waals surface area contributed by atoms with Gasteiger partial charge in [0.1, 0.15) is 5.76 Å². The Hall–Kier alpha value is -1.86. The van der Waals surface area contributed by atoms with Crippen LogP contribution in [0.25, 0.3) is 0 Å². The predicted molar refractivity (Wildman–Crippen MR) is 91.7 cm³/mol. The van der Waals surface area contributed by atoms with Crippen molar-refractivity contribution in [1.29, 1.82) is 0 Å². The summed E-state index contributed by atoms with van der Waals surface area (Å²) in [6.45, 7) is 3.75. The van der Waals surface area contributed by atoms with Crippen molar-refractivity contribution >= 4 is 40.2 Å². The monoisotopic (exact) mass is 352 g/mol. The Morgan fingerprint density at radius 2 is 2.26 bits per heavy atom. The molecule has 2 aromatic rings. The van der Waals surface area contributed by atoms with E-state index in [0.29, 0.717) is 16.5 Å². The number of aryl methyl sites for hydroxylation is 1. The van der Waals surface area contributed by atoms with E-state index < -0.39 is 0 Å². The molecule has 0 saturated carbocycles. The van der Waals surface area contributed by atoms with Crippen molar-refractivity contribution in [2.75, 3.05) is 18.0 Å². The molecule has 1 N–H and O–H groups in total. The first-order valence-corrected chi connectivity index (χ1v) is 8.63. The van der Waals surface area contributed by atoms with Crippen LogP contribution in [0.1, 0.15) is 40.3 Å². The van der Waals surface area contributed by atoms with E-state index in [9.17, 15) is 4.79 Å². The highest BCUT2D eigenvalue weighted by Crippen LogP contribution is 2.30. The quantitative estimate of drug-likeness (QED) is 0.675. The Bertz CT molecular complexity index is 719. The van der Waals surface area contributed by atoms with Gasteiger partial charge in [0.15, 0.2) is 10.3 Å². The summed E-state index contributed by atoms with van der Waals surface area (Å²) in [5.41, 5.74) is 2.93. The molecule has 0 spiro atoms. The number of amides is 1. The minimum atomic E-state index is -0.315. The van der Waals surface area contributed by atoms with Crippen LogP contribution >= 0.6 is 22.9 Å². The van der Waals surface area contributed by atoms with Crippen LogP contribution in [0.15, 0.2) is 21.8 Å². The molecular formula is C15H17ClN4O2S. The Balaban J connectivity index is 1.64. The van der Waals surface area contributed by atoms with Crippen LogP contribution in [0.3, 0.4) is 0 Å². The average molecular weight is 353 g/mol. The minimum absolute atomic E-state index is 0.315. The Morgan fingerprint density at radius 3 is 2.96 bits per heavy atom. The third-order valence-corrected chi connectivity index (χ3v) is 5.13. The fourth-order valence-electron chi connectivity index (χ4n) is 2.43. The van der Waals surface area contributed by atoms with Crippen molar-refractivity contribution in [3.05, 3.63) is 33.7 Å². The molecule has 0 radical (unpaired) electrons. The lowest BCUT2D eigenvalue weighted by molar-refractivity contribution is 0.0953. The third-order valence-electron chi connectivity index (χ3n) is 3.68. The summed E-state index contributed by atoms with van der Waals surface area (Å²) in [7, 11) is 0. The molecule has 1 aliphatic rings. The van der Waals surface area contributed by atoms with Gasteiger partial charge in [-0.05, 0) is 32.3 Å². The van der Waals surface area contributed by atoms with Crippen LogP contribution in [0.2, 0.25) is 5.15 Å². The van der Waals surface area contributed by atoms with Crippen molar-refractivity contribution in [1.82, 2.24) is 10.4 Å². The minimum Gasteiger partial charge on any atom is -0.469 e. The maximum absolute atomic E-state index is 11.9. The lowest BCUT2D eigenvalue weighted by atomic mass is 10.1. The number of thiazole rings is 1. The molecule has 0 unspecified atom stereocenters. The Labute approximate surface area is 143 Å². The van der Waals surface area contributed by atoms with E-state index >= 15 is 0 Å². The number of carbonyl (C=O) groups excluding carboxylic acids is 1. The molecule has 2 aromatic heterocycles. The highest BCUT2D eigenvalue weighted by Gasteiger charge is 2.17. The number of furan rings is 1. The van der Waals surface area contributed by atoms with Crippen molar-refractivity contribution < 1.29 is 9.21 Å². The molecule has 122 valence electrons. The number of aromatic nitrogens is 1. The number of piperidine rings is 1. The number of nitrogens with one attached hydrogen (secondary N) is 1. The molecule has 3 heterocycles. The molecule has 6 nitrogen and oxygen atoms in total. The maximum atomic E-state index is 11.9. The first-order chi connectivity index (χ1) is 11.1. The van der Waals surface area contributed by atoms with Crippen LogP contribution in [0.5, 0.6) is 0 Å². The molecule has 1 fully saturated rings. The lowest BCUT2D eigenvalue weighted by Gasteiger charge is -2.25. The van der Waals surface area contributed by atoms with Gasteiger partial charge in [-0.3, -0.25) is 4.79 Å². The topological polar surface area (TPSA) is 70.7 Å². The molecule has 0 atom stereocenters. The molecule has 0 aromatic carbocycles. The van der Waals surface area contributed by atoms with E-state index in [4.69, 9.17) is 16.0 Å². The summed E-state index contributed by atoms with van der Waals surface area (Å²) < 4.78 is 5.09. The van der Waals surface area contributed by atoms with Crippen molar-refractivity contribution in [3.63, 3.8) is 0 Å². The molecule has 3 rings (SSSR count). The molecule has 0 aliphatic carbocycles. The average Bonchev–Trinajstić information content (AvgIpc) is 3.14. The molecule has 0 bridgehead atoms. The summed E-state index contributed by atoms with van der Waals surface area (Å²) in [6.07, 6.45) is 6.63. The zero-order chi connectivity index (χ0) is 16.2. The van der Waals surface area contributed by atoms with E-state index in [1.807, 2.05) is 0 Å². The van der Waals surface area contributed by atoms with Gasteiger partial charge in [-0.25, -0.2) is 10.4 Å². The second-order valence-electron chi connectivity index (χ2n) is 5.29. The molecule has 1 aliphatic heterocycles. The Kier molecular flexibility index (Phi) is 4.97. The summed E-state index contributed by atoms with van der Waals surface area (Å²) in [5.74, 6) is 0.241. The van der Waals surface area contributed by atoms with E-state index in [2.05, 4.69) is 20.4 Å². The number of anilines is 1. The van der Waals surface area contributed by atoms with E-state index in [1.165, 1.54) is 43.1 Å². The normalized spacial score (nSPS) is 15.3. The second-order valence-corrected chi connectivity index (χ2v) is 6.66. The predicted octanol–water partition coefficient (Wildman–Crippen LogP) is 3.45. The van der Waals surface area contributed by atoms with Gasteiger partial charge in [0, 0.05) is 13.1 Å². The summed E-state index contributed by atoms with van der Waals surface area (Å²) in [4.78, 5) is 19.3. The molecule has 1 amide bonds. The Morgan fingerprint density at radius 1 is 1.48 bits per heavy atom. The van der Waals surface area contributed by atoms with Crippen LogP contribution in [0, 0.1) is 6.92 Å². The van der Waals surface area contributed by atoms with Crippen LogP contribution in [-0.2, 0) is 0 Å². The highest BCUT2D eigenvalue weighted by molar-refractivity contribution is 7.17. The fourth-order valence-corrected chi connectivity index (χ4v) is 3.61. The van der Waals surface area contributed by atoms with Crippen molar-refractivity contribution in [2.24, 2.45) is 5.10 Å². The number of hydrogen-bond donors (Lipinski definition) is 1. The van der Waals surface area contributed by atoms with Crippen molar-refractivity contribution in [2.45, 2.75) is 26.2 Å². The van der Waals surface area contributed by atoms with Gasteiger partial charge in [-0.1, -0.05) is 22.9 Å². The molecular weight excluding hydrogens is 336 g/mol. The van der Waals surface area contributed by atoms with Gasteiger partial charge in [0.2, 0.25) is 0 Å². The highest BCUT2D eigenvalue weighted by atomic mass is 35.5. The lowest BCUT2D eigenvalue weighted by Crippen LogP contribution is -2.29. The molecule has 1 saturated heterocycles. The zero-order valence-corrected chi connectivity index (χ0v) is 14.3. The third kappa shape index (κ3) is 3.73. The van der Waals surface area contributed by atoms with E-state index in [1.54, 1.807) is 13.0 Å². The van der Waals surface area contributed by atoms with Gasteiger partial charge in [0.05, 0.1) is 22.9 Å². The van der Waals surface area contributed by atoms with Gasteiger partial charge < -0.3 is 9.32 Å². The number of rotatable bonds is 4. The van der Waals surface area contributed by atoms with E-state index in [0.717, 1.165) is 23.1 Å². The number of halogens is 1. The van der Waals surface area contributed by atoms with E-state index in [-0.39, 0.29) is 5.91 Å². The van der Waals surface area contributed by atoms with Crippen LogP contribution in [-0.4, -0.2) is 30.2 Å². The smallest absolute Gasteiger partial charge is 0.274 e. The summed E-state index contributed by atoms with van der Waals surface area (Å²) >= 11 is 7.64. The van der Waals surface area contributed by atoms with Crippen LogP contribution in [0.4, 0.5) is 5.13 Å². The van der Waals surface area contributed by atoms with Crippen molar-refractivity contribution in [3.8, 4) is 0 Å². The summed E-state index contributed by atoms with van der Waals surface area (Å²) in [6, 6.07) is 1.61. The zero-order valence-electron chi connectivity index (χ0n) is 12.7. The van der Waals surface area contributed by atoms with Gasteiger partial charge in [-0.2, -0.15) is 5.10 Å². The molecule has 23 heavy (non-hydrogen) atoms. The largest absolute Gasteiger partial charge is 0.469 e. The first kappa shape index (κ1) is 16.0. The van der Waals surface area contributed by atoms with Crippen LogP contribution < -0.4 is 10.3 Å². The number of carbonyl (C=O) groups is 1. The first-order valence-electron chi connectivity index (χ1n) is 7.44. The number of nitrogens with zero attached hydrogens (tertiary/aromatic N) is 3. The maximum Gasteiger partial charge on any atom is 0.274 e. The number of hydrogen-bond acceptors (Lipinski definition) is 6. The number of hydrazone groups is 1.